The lowest BCUT2D eigenvalue weighted by Gasteiger charge is -2.09. The SMILES string of the molecule is CC(=O)n1ccc2c(-c3ccc4nc(NC(=O)[C@@H]5C[C@@H]5F)sc4c3)c(C)ccc21. The largest absolute Gasteiger partial charge is 0.302 e. The van der Waals surface area contributed by atoms with Gasteiger partial charge in [0.2, 0.25) is 11.8 Å². The second-order valence-corrected chi connectivity index (χ2v) is 8.47. The van der Waals surface area contributed by atoms with Crippen molar-refractivity contribution in [1.29, 1.82) is 0 Å². The number of alkyl halides is 1. The van der Waals surface area contributed by atoms with Crippen molar-refractivity contribution in [3.05, 3.63) is 48.2 Å². The Balaban J connectivity index is 1.56. The first kappa shape index (κ1) is 18.0. The second kappa shape index (κ2) is 6.49. The fourth-order valence-electron chi connectivity index (χ4n) is 3.75. The van der Waals surface area contributed by atoms with E-state index in [4.69, 9.17) is 0 Å². The van der Waals surface area contributed by atoms with Crippen molar-refractivity contribution in [2.24, 2.45) is 5.92 Å². The van der Waals surface area contributed by atoms with E-state index in [9.17, 15) is 14.0 Å². The number of hydrogen-bond donors (Lipinski definition) is 1. The number of rotatable bonds is 3. The van der Waals surface area contributed by atoms with E-state index >= 15 is 0 Å². The lowest BCUT2D eigenvalue weighted by atomic mass is 9.97. The summed E-state index contributed by atoms with van der Waals surface area (Å²) in [4.78, 5) is 28.3. The van der Waals surface area contributed by atoms with Gasteiger partial charge in [0.15, 0.2) is 5.13 Å². The van der Waals surface area contributed by atoms with Crippen LogP contribution < -0.4 is 5.32 Å². The van der Waals surface area contributed by atoms with Crippen molar-refractivity contribution in [2.75, 3.05) is 5.32 Å². The van der Waals surface area contributed by atoms with Gasteiger partial charge in [0, 0.05) is 18.5 Å². The van der Waals surface area contributed by atoms with Gasteiger partial charge >= 0.3 is 0 Å². The Labute approximate surface area is 170 Å². The average Bonchev–Trinajstić information content (AvgIpc) is 3.09. The zero-order valence-corrected chi connectivity index (χ0v) is 16.7. The smallest absolute Gasteiger partial charge is 0.232 e. The average molecular weight is 407 g/mol. The maximum absolute atomic E-state index is 13.1. The first-order valence-corrected chi connectivity index (χ1v) is 10.2. The number of carbonyl (C=O) groups excluding carboxylic acids is 2. The third-order valence-electron chi connectivity index (χ3n) is 5.38. The van der Waals surface area contributed by atoms with Crippen LogP contribution in [0.2, 0.25) is 0 Å². The van der Waals surface area contributed by atoms with Crippen molar-refractivity contribution in [3.8, 4) is 11.1 Å². The number of fused-ring (bicyclic) bond motifs is 2. The number of benzene rings is 2. The van der Waals surface area contributed by atoms with Crippen molar-refractivity contribution >= 4 is 49.4 Å². The minimum Gasteiger partial charge on any atom is -0.302 e. The molecule has 0 unspecified atom stereocenters. The molecule has 1 aliphatic rings. The minimum absolute atomic E-state index is 0.0284. The molecule has 0 radical (unpaired) electrons. The number of thiazole rings is 1. The summed E-state index contributed by atoms with van der Waals surface area (Å²) in [6.07, 6.45) is 1.07. The number of nitrogens with one attached hydrogen (secondary N) is 1. The van der Waals surface area contributed by atoms with Crippen LogP contribution in [-0.2, 0) is 4.79 Å². The Bertz CT molecular complexity index is 1310. The maximum Gasteiger partial charge on any atom is 0.232 e. The molecule has 1 saturated carbocycles. The van der Waals surface area contributed by atoms with Crippen LogP contribution in [0.15, 0.2) is 42.6 Å². The van der Waals surface area contributed by atoms with Gasteiger partial charge in [0.1, 0.15) is 6.17 Å². The molecule has 2 aromatic heterocycles. The third-order valence-corrected chi connectivity index (χ3v) is 6.31. The summed E-state index contributed by atoms with van der Waals surface area (Å²) in [5, 5.41) is 4.23. The highest BCUT2D eigenvalue weighted by Gasteiger charge is 2.43. The van der Waals surface area contributed by atoms with E-state index in [1.807, 2.05) is 43.3 Å². The topological polar surface area (TPSA) is 64.0 Å². The van der Waals surface area contributed by atoms with Crippen LogP contribution in [0.1, 0.15) is 23.7 Å². The van der Waals surface area contributed by atoms with Crippen LogP contribution in [-0.4, -0.2) is 27.5 Å². The van der Waals surface area contributed by atoms with E-state index in [1.54, 1.807) is 17.7 Å². The molecular formula is C22H18FN3O2S. The predicted molar refractivity (Wildman–Crippen MR) is 113 cm³/mol. The normalized spacial score (nSPS) is 18.3. The summed E-state index contributed by atoms with van der Waals surface area (Å²) in [5.41, 5.74) is 4.86. The van der Waals surface area contributed by atoms with Crippen molar-refractivity contribution < 1.29 is 14.0 Å². The molecule has 1 amide bonds. The van der Waals surface area contributed by atoms with Crippen LogP contribution in [0, 0.1) is 12.8 Å². The minimum atomic E-state index is -1.03. The quantitative estimate of drug-likeness (QED) is 0.509. The molecule has 0 bridgehead atoms. The van der Waals surface area contributed by atoms with Crippen molar-refractivity contribution in [1.82, 2.24) is 9.55 Å². The number of aryl methyl sites for hydroxylation is 1. The molecular weight excluding hydrogens is 389 g/mol. The molecule has 1 N–H and O–H groups in total. The monoisotopic (exact) mass is 407 g/mol. The molecule has 0 aliphatic heterocycles. The van der Waals surface area contributed by atoms with Crippen LogP contribution >= 0.6 is 11.3 Å². The van der Waals surface area contributed by atoms with E-state index in [-0.39, 0.29) is 11.8 Å². The van der Waals surface area contributed by atoms with Gasteiger partial charge in [0.05, 0.1) is 21.7 Å². The van der Waals surface area contributed by atoms with E-state index in [0.717, 1.165) is 37.8 Å². The van der Waals surface area contributed by atoms with E-state index in [2.05, 4.69) is 10.3 Å². The lowest BCUT2D eigenvalue weighted by molar-refractivity contribution is -0.117. The molecule has 1 aliphatic carbocycles. The predicted octanol–water partition coefficient (Wildman–Crippen LogP) is 5.18. The van der Waals surface area contributed by atoms with E-state index in [1.165, 1.54) is 11.3 Å². The summed E-state index contributed by atoms with van der Waals surface area (Å²) in [6.45, 7) is 3.59. The Morgan fingerprint density at radius 2 is 2.03 bits per heavy atom. The van der Waals surface area contributed by atoms with Gasteiger partial charge in [-0.1, -0.05) is 23.5 Å². The standard InChI is InChI=1S/C22H18FN3O2S/c1-11-3-6-18-14(7-8-26(18)12(2)27)20(11)13-4-5-17-19(9-13)29-22(24-17)25-21(28)15-10-16(15)23/h3-9,15-16H,10H2,1-2H3,(H,24,25,28)/t15-,16+/m1/s1. The molecule has 2 aromatic carbocycles. The molecule has 5 rings (SSSR count). The van der Waals surface area contributed by atoms with Gasteiger partial charge in [-0.3, -0.25) is 14.2 Å². The molecule has 0 spiro atoms. The highest BCUT2D eigenvalue weighted by atomic mass is 32.1. The van der Waals surface area contributed by atoms with E-state index in [0.29, 0.717) is 11.6 Å². The van der Waals surface area contributed by atoms with E-state index < -0.39 is 12.1 Å². The molecule has 2 atom stereocenters. The Morgan fingerprint density at radius 3 is 2.76 bits per heavy atom. The first-order chi connectivity index (χ1) is 13.9. The Hall–Kier alpha value is -3.06. The fourth-order valence-corrected chi connectivity index (χ4v) is 4.66. The number of carbonyl (C=O) groups is 2. The molecule has 4 aromatic rings. The summed E-state index contributed by atoms with van der Waals surface area (Å²) in [7, 11) is 0. The number of hydrogen-bond acceptors (Lipinski definition) is 4. The maximum atomic E-state index is 13.1. The number of aromatic nitrogens is 2. The van der Waals surface area contributed by atoms with Crippen LogP contribution in [0.3, 0.4) is 0 Å². The van der Waals surface area contributed by atoms with Gasteiger partial charge < -0.3 is 5.32 Å². The van der Waals surface area contributed by atoms with Gasteiger partial charge in [-0.05, 0) is 54.3 Å². The van der Waals surface area contributed by atoms with Gasteiger partial charge in [-0.2, -0.15) is 0 Å². The molecule has 5 nitrogen and oxygen atoms in total. The fraction of sp³-hybridized carbons (Fsp3) is 0.227. The molecule has 29 heavy (non-hydrogen) atoms. The number of anilines is 1. The zero-order chi connectivity index (χ0) is 20.3. The van der Waals surface area contributed by atoms with Gasteiger partial charge in [-0.15, -0.1) is 0 Å². The summed E-state index contributed by atoms with van der Waals surface area (Å²) >= 11 is 1.38. The Morgan fingerprint density at radius 1 is 1.24 bits per heavy atom. The summed E-state index contributed by atoms with van der Waals surface area (Å²) in [5.74, 6) is -0.870. The summed E-state index contributed by atoms with van der Waals surface area (Å²) in [6, 6.07) is 11.9. The number of nitrogens with zero attached hydrogens (tertiary/aromatic N) is 2. The first-order valence-electron chi connectivity index (χ1n) is 9.40. The highest BCUT2D eigenvalue weighted by molar-refractivity contribution is 7.22. The molecule has 1 fully saturated rings. The van der Waals surface area contributed by atoms with Gasteiger partial charge in [0.25, 0.3) is 0 Å². The zero-order valence-electron chi connectivity index (χ0n) is 15.9. The number of amides is 1. The summed E-state index contributed by atoms with van der Waals surface area (Å²) < 4.78 is 15.7. The van der Waals surface area contributed by atoms with Gasteiger partial charge in [-0.25, -0.2) is 9.37 Å². The second-order valence-electron chi connectivity index (χ2n) is 7.44. The third kappa shape index (κ3) is 3.02. The highest BCUT2D eigenvalue weighted by Crippen LogP contribution is 2.38. The van der Waals surface area contributed by atoms with Crippen LogP contribution in [0.25, 0.3) is 32.2 Å². The molecule has 2 heterocycles. The van der Waals surface area contributed by atoms with Crippen molar-refractivity contribution in [3.63, 3.8) is 0 Å². The Kier molecular flexibility index (Phi) is 4.03. The molecule has 0 saturated heterocycles. The van der Waals surface area contributed by atoms with Crippen LogP contribution in [0.4, 0.5) is 9.52 Å². The lowest BCUT2D eigenvalue weighted by Crippen LogP contribution is -2.14. The molecule has 146 valence electrons. The molecule has 7 heteroatoms. The van der Waals surface area contributed by atoms with Crippen LogP contribution in [0.5, 0.6) is 0 Å². The number of halogens is 1. The van der Waals surface area contributed by atoms with Crippen molar-refractivity contribution in [2.45, 2.75) is 26.4 Å².